The second kappa shape index (κ2) is 5.70. The van der Waals surface area contributed by atoms with E-state index >= 15 is 0 Å². The number of hydrogen-bond donors (Lipinski definition) is 1. The Morgan fingerprint density at radius 2 is 2.15 bits per heavy atom. The molecular formula is C16H25N3O. The fourth-order valence-electron chi connectivity index (χ4n) is 3.67. The van der Waals surface area contributed by atoms with Crippen molar-refractivity contribution < 1.29 is 4.79 Å². The summed E-state index contributed by atoms with van der Waals surface area (Å²) >= 11 is 0. The first-order valence-electron chi connectivity index (χ1n) is 7.79. The van der Waals surface area contributed by atoms with E-state index < -0.39 is 0 Å². The highest BCUT2D eigenvalue weighted by Gasteiger charge is 2.29. The van der Waals surface area contributed by atoms with Gasteiger partial charge in [0, 0.05) is 42.6 Å². The zero-order valence-corrected chi connectivity index (χ0v) is 12.6. The lowest BCUT2D eigenvalue weighted by Gasteiger charge is -2.43. The van der Waals surface area contributed by atoms with Crippen LogP contribution in [0.25, 0.3) is 0 Å². The molecule has 0 aliphatic carbocycles. The first kappa shape index (κ1) is 13.8. The number of Topliss-reactive ketones (excluding diaryl/α,β-unsaturated/α-hetero) is 1. The number of rotatable bonds is 3. The van der Waals surface area contributed by atoms with E-state index in [0.717, 1.165) is 36.6 Å². The summed E-state index contributed by atoms with van der Waals surface area (Å²) in [7, 11) is 0. The SMILES string of the molecule is Cc1cc(C(=O)CN2CCN3CCCCC3C2)c(C)[nH]1. The topological polar surface area (TPSA) is 39.3 Å². The predicted molar refractivity (Wildman–Crippen MR) is 80.2 cm³/mol. The molecule has 110 valence electrons. The van der Waals surface area contributed by atoms with Crippen LogP contribution < -0.4 is 0 Å². The van der Waals surface area contributed by atoms with Crippen molar-refractivity contribution in [3.05, 3.63) is 23.0 Å². The maximum absolute atomic E-state index is 12.4. The van der Waals surface area contributed by atoms with Gasteiger partial charge in [0.2, 0.25) is 0 Å². The average Bonchev–Trinajstić information content (AvgIpc) is 2.78. The molecular weight excluding hydrogens is 250 g/mol. The van der Waals surface area contributed by atoms with Gasteiger partial charge in [-0.15, -0.1) is 0 Å². The molecule has 3 heterocycles. The molecule has 1 atom stereocenters. The number of hydrogen-bond acceptors (Lipinski definition) is 3. The van der Waals surface area contributed by atoms with Crippen molar-refractivity contribution in [1.82, 2.24) is 14.8 Å². The number of piperazine rings is 1. The fourth-order valence-corrected chi connectivity index (χ4v) is 3.67. The van der Waals surface area contributed by atoms with Gasteiger partial charge < -0.3 is 4.98 Å². The number of fused-ring (bicyclic) bond motifs is 1. The number of ketones is 1. The molecule has 0 radical (unpaired) electrons. The van der Waals surface area contributed by atoms with Crippen LogP contribution in [0.4, 0.5) is 0 Å². The van der Waals surface area contributed by atoms with Crippen molar-refractivity contribution in [2.75, 3.05) is 32.7 Å². The van der Waals surface area contributed by atoms with Crippen LogP contribution in [0.15, 0.2) is 6.07 Å². The second-order valence-electron chi connectivity index (χ2n) is 6.33. The van der Waals surface area contributed by atoms with Crippen LogP contribution in [0.2, 0.25) is 0 Å². The molecule has 0 aromatic carbocycles. The number of aromatic nitrogens is 1. The number of nitrogens with one attached hydrogen (secondary N) is 1. The molecule has 2 aliphatic rings. The molecule has 1 unspecified atom stereocenters. The van der Waals surface area contributed by atoms with Crippen molar-refractivity contribution in [1.29, 1.82) is 0 Å². The van der Waals surface area contributed by atoms with Crippen molar-refractivity contribution in [3.8, 4) is 0 Å². The van der Waals surface area contributed by atoms with Gasteiger partial charge in [0.15, 0.2) is 5.78 Å². The fraction of sp³-hybridized carbons (Fsp3) is 0.688. The number of carbonyl (C=O) groups is 1. The van der Waals surface area contributed by atoms with E-state index in [1.165, 1.54) is 25.8 Å². The van der Waals surface area contributed by atoms with Crippen molar-refractivity contribution in [3.63, 3.8) is 0 Å². The van der Waals surface area contributed by atoms with Crippen LogP contribution in [-0.2, 0) is 0 Å². The van der Waals surface area contributed by atoms with E-state index in [0.29, 0.717) is 12.6 Å². The minimum Gasteiger partial charge on any atom is -0.362 e. The normalized spacial score (nSPS) is 24.6. The Kier molecular flexibility index (Phi) is 3.94. The van der Waals surface area contributed by atoms with Crippen LogP contribution in [0.3, 0.4) is 0 Å². The molecule has 20 heavy (non-hydrogen) atoms. The molecule has 1 aromatic rings. The second-order valence-corrected chi connectivity index (χ2v) is 6.33. The molecule has 1 N–H and O–H groups in total. The summed E-state index contributed by atoms with van der Waals surface area (Å²) in [6, 6.07) is 2.66. The van der Waals surface area contributed by atoms with E-state index in [9.17, 15) is 4.79 Å². The van der Waals surface area contributed by atoms with Crippen LogP contribution in [0.1, 0.15) is 41.0 Å². The lowest BCUT2D eigenvalue weighted by molar-refractivity contribution is 0.0469. The van der Waals surface area contributed by atoms with E-state index in [-0.39, 0.29) is 5.78 Å². The summed E-state index contributed by atoms with van der Waals surface area (Å²) in [5, 5.41) is 0. The lowest BCUT2D eigenvalue weighted by Crippen LogP contribution is -2.55. The van der Waals surface area contributed by atoms with Crippen molar-refractivity contribution in [2.45, 2.75) is 39.2 Å². The zero-order chi connectivity index (χ0) is 14.1. The van der Waals surface area contributed by atoms with Crippen molar-refractivity contribution >= 4 is 5.78 Å². The minimum absolute atomic E-state index is 0.260. The van der Waals surface area contributed by atoms with E-state index in [1.54, 1.807) is 0 Å². The van der Waals surface area contributed by atoms with Crippen LogP contribution in [-0.4, -0.2) is 59.3 Å². The van der Waals surface area contributed by atoms with Gasteiger partial charge in [0.25, 0.3) is 0 Å². The van der Waals surface area contributed by atoms with Gasteiger partial charge in [-0.25, -0.2) is 0 Å². The first-order chi connectivity index (χ1) is 9.63. The molecule has 4 nitrogen and oxygen atoms in total. The van der Waals surface area contributed by atoms with Gasteiger partial charge in [-0.1, -0.05) is 6.42 Å². The molecule has 2 saturated heterocycles. The largest absolute Gasteiger partial charge is 0.362 e. The lowest BCUT2D eigenvalue weighted by atomic mass is 9.99. The quantitative estimate of drug-likeness (QED) is 0.858. The Morgan fingerprint density at radius 1 is 1.30 bits per heavy atom. The van der Waals surface area contributed by atoms with Crippen LogP contribution in [0.5, 0.6) is 0 Å². The highest BCUT2D eigenvalue weighted by molar-refractivity contribution is 5.98. The highest BCUT2D eigenvalue weighted by atomic mass is 16.1. The summed E-state index contributed by atoms with van der Waals surface area (Å²) in [4.78, 5) is 20.6. The molecule has 1 aromatic heterocycles. The number of piperidine rings is 1. The maximum Gasteiger partial charge on any atom is 0.178 e. The summed E-state index contributed by atoms with van der Waals surface area (Å²) < 4.78 is 0. The number of aromatic amines is 1. The Balaban J connectivity index is 1.60. The third-order valence-electron chi connectivity index (χ3n) is 4.74. The summed E-state index contributed by atoms with van der Waals surface area (Å²) in [5.74, 6) is 0.260. The summed E-state index contributed by atoms with van der Waals surface area (Å²) in [5.41, 5.74) is 2.94. The zero-order valence-electron chi connectivity index (χ0n) is 12.6. The van der Waals surface area contributed by atoms with E-state index in [1.807, 2.05) is 19.9 Å². The maximum atomic E-state index is 12.4. The van der Waals surface area contributed by atoms with Gasteiger partial charge in [-0.05, 0) is 39.3 Å². The molecule has 0 bridgehead atoms. The molecule has 3 rings (SSSR count). The average molecular weight is 275 g/mol. The third kappa shape index (κ3) is 2.81. The molecule has 2 aliphatic heterocycles. The van der Waals surface area contributed by atoms with Gasteiger partial charge in [0.05, 0.1) is 6.54 Å². The summed E-state index contributed by atoms with van der Waals surface area (Å²) in [6.45, 7) is 9.04. The standard InChI is InChI=1S/C16H25N3O/c1-12-9-15(13(2)17-12)16(20)11-18-7-8-19-6-4-3-5-14(19)10-18/h9,14,17H,3-8,10-11H2,1-2H3. The molecule has 2 fully saturated rings. The third-order valence-corrected chi connectivity index (χ3v) is 4.74. The van der Waals surface area contributed by atoms with Gasteiger partial charge in [-0.2, -0.15) is 0 Å². The van der Waals surface area contributed by atoms with Crippen molar-refractivity contribution in [2.24, 2.45) is 0 Å². The minimum atomic E-state index is 0.260. The van der Waals surface area contributed by atoms with E-state index in [4.69, 9.17) is 0 Å². The molecule has 0 spiro atoms. The monoisotopic (exact) mass is 275 g/mol. The highest BCUT2D eigenvalue weighted by Crippen LogP contribution is 2.21. The molecule has 0 saturated carbocycles. The number of H-pyrrole nitrogens is 1. The van der Waals surface area contributed by atoms with Gasteiger partial charge in [-0.3, -0.25) is 14.6 Å². The van der Waals surface area contributed by atoms with Gasteiger partial charge >= 0.3 is 0 Å². The van der Waals surface area contributed by atoms with Crippen LogP contribution in [0, 0.1) is 13.8 Å². The number of aryl methyl sites for hydroxylation is 2. The molecule has 4 heteroatoms. The Morgan fingerprint density at radius 3 is 2.90 bits per heavy atom. The Hall–Kier alpha value is -1.13. The Bertz CT molecular complexity index is 494. The first-order valence-corrected chi connectivity index (χ1v) is 7.79. The number of carbonyl (C=O) groups excluding carboxylic acids is 1. The molecule has 0 amide bonds. The van der Waals surface area contributed by atoms with Crippen LogP contribution >= 0.6 is 0 Å². The summed E-state index contributed by atoms with van der Waals surface area (Å²) in [6.07, 6.45) is 3.99. The van der Waals surface area contributed by atoms with Gasteiger partial charge in [0.1, 0.15) is 0 Å². The smallest absolute Gasteiger partial charge is 0.178 e. The van der Waals surface area contributed by atoms with E-state index in [2.05, 4.69) is 14.8 Å². The predicted octanol–water partition coefficient (Wildman–Crippen LogP) is 1.98. The Labute approximate surface area is 121 Å². The number of nitrogens with zero attached hydrogens (tertiary/aromatic N) is 2.